The second-order valence-corrected chi connectivity index (χ2v) is 5.09. The van der Waals surface area contributed by atoms with Crippen LogP contribution in [0, 0.1) is 11.3 Å². The number of benzene rings is 2. The van der Waals surface area contributed by atoms with Crippen molar-refractivity contribution in [3.05, 3.63) is 54.1 Å². The molecule has 5 heteroatoms. The fraction of sp³-hybridized carbons (Fsp3) is 0.176. The highest BCUT2D eigenvalue weighted by molar-refractivity contribution is 5.89. The standard InChI is InChI=1S/C17H15N3O2/c1-11(21)19-13-7-8-16-14(9-13)20-15(10-18)17(22-16)12-5-3-2-4-6-12/h2-9,15,17,20H,1H3,(H,19,21). The quantitative estimate of drug-likeness (QED) is 0.892. The fourth-order valence-corrected chi connectivity index (χ4v) is 2.48. The van der Waals surface area contributed by atoms with Crippen LogP contribution in [0.4, 0.5) is 11.4 Å². The van der Waals surface area contributed by atoms with Crippen molar-refractivity contribution in [3.8, 4) is 11.8 Å². The second kappa shape index (κ2) is 5.78. The van der Waals surface area contributed by atoms with Crippen LogP contribution in [0.2, 0.25) is 0 Å². The van der Waals surface area contributed by atoms with E-state index in [1.807, 2.05) is 30.3 Å². The number of nitrogens with one attached hydrogen (secondary N) is 2. The second-order valence-electron chi connectivity index (χ2n) is 5.09. The van der Waals surface area contributed by atoms with Gasteiger partial charge in [0.05, 0.1) is 11.8 Å². The van der Waals surface area contributed by atoms with Gasteiger partial charge in [0.2, 0.25) is 5.91 Å². The first kappa shape index (κ1) is 14.0. The van der Waals surface area contributed by atoms with Crippen molar-refractivity contribution < 1.29 is 9.53 Å². The van der Waals surface area contributed by atoms with Crippen molar-refractivity contribution in [1.82, 2.24) is 0 Å². The first-order valence-corrected chi connectivity index (χ1v) is 6.97. The van der Waals surface area contributed by atoms with Gasteiger partial charge >= 0.3 is 0 Å². The number of nitrogens with zero attached hydrogens (tertiary/aromatic N) is 1. The Morgan fingerprint density at radius 3 is 2.73 bits per heavy atom. The zero-order valence-corrected chi connectivity index (χ0v) is 12.0. The van der Waals surface area contributed by atoms with Crippen molar-refractivity contribution in [3.63, 3.8) is 0 Å². The minimum atomic E-state index is -0.498. The molecule has 0 aliphatic carbocycles. The molecule has 0 fully saturated rings. The molecule has 1 heterocycles. The summed E-state index contributed by atoms with van der Waals surface area (Å²) >= 11 is 0. The number of hydrogen-bond acceptors (Lipinski definition) is 4. The molecule has 1 amide bonds. The van der Waals surface area contributed by atoms with E-state index < -0.39 is 6.04 Å². The monoisotopic (exact) mass is 293 g/mol. The zero-order valence-electron chi connectivity index (χ0n) is 12.0. The van der Waals surface area contributed by atoms with E-state index >= 15 is 0 Å². The van der Waals surface area contributed by atoms with Crippen LogP contribution in [0.15, 0.2) is 48.5 Å². The van der Waals surface area contributed by atoms with E-state index in [1.54, 1.807) is 18.2 Å². The van der Waals surface area contributed by atoms with E-state index in [9.17, 15) is 10.1 Å². The first-order chi connectivity index (χ1) is 10.7. The summed E-state index contributed by atoms with van der Waals surface area (Å²) in [6.07, 6.45) is -0.370. The molecule has 2 N–H and O–H groups in total. The highest BCUT2D eigenvalue weighted by atomic mass is 16.5. The minimum Gasteiger partial charge on any atom is -0.480 e. The third kappa shape index (κ3) is 2.72. The van der Waals surface area contributed by atoms with E-state index in [1.165, 1.54) is 6.92 Å². The summed E-state index contributed by atoms with van der Waals surface area (Å²) in [5, 5.41) is 15.3. The number of carbonyl (C=O) groups excluding carboxylic acids is 1. The number of amides is 1. The molecule has 2 aromatic rings. The Bertz CT molecular complexity index is 737. The predicted octanol–water partition coefficient (Wildman–Crippen LogP) is 3.08. The van der Waals surface area contributed by atoms with Gasteiger partial charge in [0.1, 0.15) is 5.75 Å². The molecule has 0 radical (unpaired) electrons. The number of carbonyl (C=O) groups is 1. The Hall–Kier alpha value is -3.00. The maximum Gasteiger partial charge on any atom is 0.221 e. The number of ether oxygens (including phenoxy) is 1. The smallest absolute Gasteiger partial charge is 0.221 e. The Morgan fingerprint density at radius 1 is 1.27 bits per heavy atom. The van der Waals surface area contributed by atoms with Gasteiger partial charge in [-0.1, -0.05) is 30.3 Å². The largest absolute Gasteiger partial charge is 0.480 e. The van der Waals surface area contributed by atoms with Crippen LogP contribution in [0.3, 0.4) is 0 Å². The van der Waals surface area contributed by atoms with E-state index in [-0.39, 0.29) is 12.0 Å². The molecule has 2 atom stereocenters. The molecule has 22 heavy (non-hydrogen) atoms. The summed E-state index contributed by atoms with van der Waals surface area (Å²) in [5.74, 6) is 0.519. The van der Waals surface area contributed by atoms with Gasteiger partial charge in [-0.25, -0.2) is 0 Å². The molecule has 5 nitrogen and oxygen atoms in total. The van der Waals surface area contributed by atoms with E-state index in [0.717, 1.165) is 5.56 Å². The lowest BCUT2D eigenvalue weighted by atomic mass is 10.0. The Balaban J connectivity index is 1.92. The molecule has 2 unspecified atom stereocenters. The summed E-state index contributed by atoms with van der Waals surface area (Å²) < 4.78 is 5.98. The summed E-state index contributed by atoms with van der Waals surface area (Å²) in [5.41, 5.74) is 2.31. The maximum atomic E-state index is 11.1. The van der Waals surface area contributed by atoms with Gasteiger partial charge in [-0.3, -0.25) is 4.79 Å². The minimum absolute atomic E-state index is 0.143. The lowest BCUT2D eigenvalue weighted by molar-refractivity contribution is -0.114. The Morgan fingerprint density at radius 2 is 2.05 bits per heavy atom. The van der Waals surface area contributed by atoms with Crippen molar-refractivity contribution in [2.45, 2.75) is 19.1 Å². The number of anilines is 2. The summed E-state index contributed by atoms with van der Waals surface area (Å²) in [6.45, 7) is 1.45. The van der Waals surface area contributed by atoms with Crippen LogP contribution in [0.1, 0.15) is 18.6 Å². The molecule has 110 valence electrons. The highest BCUT2D eigenvalue weighted by Crippen LogP contribution is 2.38. The summed E-state index contributed by atoms with van der Waals surface area (Å²) in [4.78, 5) is 11.1. The highest BCUT2D eigenvalue weighted by Gasteiger charge is 2.30. The molecular formula is C17H15N3O2. The molecule has 2 aromatic carbocycles. The molecule has 0 spiro atoms. The molecule has 1 aliphatic rings. The summed E-state index contributed by atoms with van der Waals surface area (Å²) in [7, 11) is 0. The fourth-order valence-electron chi connectivity index (χ4n) is 2.48. The van der Waals surface area contributed by atoms with Gasteiger partial charge in [-0.2, -0.15) is 5.26 Å². The van der Waals surface area contributed by atoms with Gasteiger partial charge in [0, 0.05) is 12.6 Å². The molecule has 3 rings (SSSR count). The number of fused-ring (bicyclic) bond motifs is 1. The van der Waals surface area contributed by atoms with Gasteiger partial charge < -0.3 is 15.4 Å². The van der Waals surface area contributed by atoms with E-state index in [2.05, 4.69) is 16.7 Å². The van der Waals surface area contributed by atoms with Crippen LogP contribution in [0.5, 0.6) is 5.75 Å². The van der Waals surface area contributed by atoms with Crippen molar-refractivity contribution >= 4 is 17.3 Å². The molecular weight excluding hydrogens is 278 g/mol. The maximum absolute atomic E-state index is 11.1. The molecule has 0 saturated heterocycles. The summed E-state index contributed by atoms with van der Waals surface area (Å²) in [6, 6.07) is 16.7. The Kier molecular flexibility index (Phi) is 3.67. The van der Waals surface area contributed by atoms with E-state index in [4.69, 9.17) is 4.74 Å². The zero-order chi connectivity index (χ0) is 15.5. The van der Waals surface area contributed by atoms with Crippen molar-refractivity contribution in [2.75, 3.05) is 10.6 Å². The predicted molar refractivity (Wildman–Crippen MR) is 83.6 cm³/mol. The average molecular weight is 293 g/mol. The van der Waals surface area contributed by atoms with Crippen LogP contribution in [0.25, 0.3) is 0 Å². The molecule has 0 aromatic heterocycles. The van der Waals surface area contributed by atoms with Gasteiger partial charge in [0.25, 0.3) is 0 Å². The first-order valence-electron chi connectivity index (χ1n) is 6.97. The van der Waals surface area contributed by atoms with Crippen LogP contribution in [-0.2, 0) is 4.79 Å². The van der Waals surface area contributed by atoms with Crippen LogP contribution in [-0.4, -0.2) is 11.9 Å². The van der Waals surface area contributed by atoms with Gasteiger partial charge in [-0.05, 0) is 23.8 Å². The lowest BCUT2D eigenvalue weighted by Crippen LogP contribution is -2.33. The third-order valence-electron chi connectivity index (χ3n) is 3.43. The Labute approximate surface area is 128 Å². The van der Waals surface area contributed by atoms with E-state index in [0.29, 0.717) is 17.1 Å². The van der Waals surface area contributed by atoms with Crippen molar-refractivity contribution in [1.29, 1.82) is 5.26 Å². The molecule has 0 bridgehead atoms. The normalized spacial score (nSPS) is 19.1. The lowest BCUT2D eigenvalue weighted by Gasteiger charge is -2.31. The number of nitriles is 1. The number of rotatable bonds is 2. The molecule has 1 aliphatic heterocycles. The van der Waals surface area contributed by atoms with Gasteiger partial charge in [0.15, 0.2) is 12.1 Å². The van der Waals surface area contributed by atoms with Crippen molar-refractivity contribution in [2.24, 2.45) is 0 Å². The van der Waals surface area contributed by atoms with Crippen LogP contribution < -0.4 is 15.4 Å². The van der Waals surface area contributed by atoms with Gasteiger partial charge in [-0.15, -0.1) is 0 Å². The molecule has 0 saturated carbocycles. The topological polar surface area (TPSA) is 74.2 Å². The third-order valence-corrected chi connectivity index (χ3v) is 3.43. The average Bonchev–Trinajstić information content (AvgIpc) is 2.53. The number of hydrogen-bond donors (Lipinski definition) is 2. The SMILES string of the molecule is CC(=O)Nc1ccc2c(c1)NC(C#N)C(c1ccccc1)O2. The van der Waals surface area contributed by atoms with Crippen LogP contribution >= 0.6 is 0 Å².